The SMILES string of the molecule is CN(C)C(Cn1nnc2ccccc21)=[N+](C)C.F[P-](F)(F)(F)(F)F. The molecule has 0 fully saturated rings. The van der Waals surface area contributed by atoms with Gasteiger partial charge in [0, 0.05) is 0 Å². The van der Waals surface area contributed by atoms with Gasteiger partial charge in [-0.3, -0.25) is 9.48 Å². The molecule has 0 aliphatic carbocycles. The topological polar surface area (TPSA) is 37.0 Å². The second-order valence-corrected chi connectivity index (χ2v) is 7.32. The second kappa shape index (κ2) is 5.87. The second-order valence-electron chi connectivity index (χ2n) is 5.40. The number of hydrogen-bond donors (Lipinski definition) is 0. The van der Waals surface area contributed by atoms with Crippen LogP contribution in [0.5, 0.6) is 0 Å². The first-order valence-electron chi connectivity index (χ1n) is 6.59. The molecular weight excluding hydrogens is 359 g/mol. The molecule has 0 N–H and O–H groups in total. The molecule has 2 rings (SSSR count). The van der Waals surface area contributed by atoms with Crippen LogP contribution in [-0.4, -0.2) is 58.5 Å². The monoisotopic (exact) mass is 377 g/mol. The zero-order chi connectivity index (χ0) is 18.8. The van der Waals surface area contributed by atoms with Crippen molar-refractivity contribution in [3.63, 3.8) is 0 Å². The van der Waals surface area contributed by atoms with E-state index in [0.29, 0.717) is 0 Å². The third kappa shape index (κ3) is 8.09. The van der Waals surface area contributed by atoms with Crippen LogP contribution in [0.15, 0.2) is 24.3 Å². The van der Waals surface area contributed by atoms with E-state index >= 15 is 0 Å². The van der Waals surface area contributed by atoms with Crippen molar-refractivity contribution >= 4 is 24.7 Å². The van der Waals surface area contributed by atoms with E-state index in [2.05, 4.69) is 19.8 Å². The van der Waals surface area contributed by atoms with E-state index in [-0.39, 0.29) is 0 Å². The molecule has 1 aromatic carbocycles. The Balaban J connectivity index is 0.000000351. The van der Waals surface area contributed by atoms with E-state index in [1.54, 1.807) is 0 Å². The molecule has 0 aliphatic heterocycles. The van der Waals surface area contributed by atoms with E-state index < -0.39 is 7.81 Å². The van der Waals surface area contributed by atoms with Gasteiger partial charge < -0.3 is 0 Å². The molecule has 0 spiro atoms. The zero-order valence-corrected chi connectivity index (χ0v) is 14.4. The van der Waals surface area contributed by atoms with Crippen LogP contribution in [0.3, 0.4) is 0 Å². The Morgan fingerprint density at radius 2 is 1.58 bits per heavy atom. The van der Waals surface area contributed by atoms with Crippen molar-refractivity contribution < 1.29 is 29.8 Å². The third-order valence-corrected chi connectivity index (χ3v) is 2.74. The number of likely N-dealkylation sites (N-methyl/N-ethyl adjacent to an activating group) is 1. The summed E-state index contributed by atoms with van der Waals surface area (Å²) >= 11 is 0. The van der Waals surface area contributed by atoms with Crippen LogP contribution in [0.1, 0.15) is 0 Å². The van der Waals surface area contributed by atoms with Gasteiger partial charge in [-0.25, -0.2) is 4.68 Å². The van der Waals surface area contributed by atoms with Crippen LogP contribution in [0.4, 0.5) is 25.2 Å². The summed E-state index contributed by atoms with van der Waals surface area (Å²) in [4.78, 5) is 2.09. The number of fused-ring (bicyclic) bond motifs is 1. The van der Waals surface area contributed by atoms with Gasteiger partial charge in [-0.05, 0) is 12.1 Å². The average Bonchev–Trinajstić information content (AvgIpc) is 2.74. The predicted octanol–water partition coefficient (Wildman–Crippen LogP) is 4.05. The number of hydrogen-bond acceptors (Lipinski definition) is 2. The van der Waals surface area contributed by atoms with Crippen LogP contribution in [-0.2, 0) is 6.54 Å². The van der Waals surface area contributed by atoms with Crippen LogP contribution in [0, 0.1) is 0 Å². The van der Waals surface area contributed by atoms with Gasteiger partial charge in [-0.2, -0.15) is 0 Å². The van der Waals surface area contributed by atoms with E-state index in [1.807, 2.05) is 57.1 Å². The van der Waals surface area contributed by atoms with Gasteiger partial charge in [-0.15, -0.1) is 5.10 Å². The number of para-hydroxylation sites is 1. The van der Waals surface area contributed by atoms with Gasteiger partial charge in [-0.1, -0.05) is 17.3 Å². The number of benzene rings is 1. The number of nitrogens with zero attached hydrogens (tertiary/aromatic N) is 5. The van der Waals surface area contributed by atoms with Crippen molar-refractivity contribution in [3.05, 3.63) is 24.3 Å². The summed E-state index contributed by atoms with van der Waals surface area (Å²) < 4.78 is 63.2. The molecule has 1 heterocycles. The maximum absolute atomic E-state index is 10.7. The quantitative estimate of drug-likeness (QED) is 0.261. The van der Waals surface area contributed by atoms with Gasteiger partial charge >= 0.3 is 33.0 Å². The molecular formula is C12H18F6N5P. The normalized spacial score (nSPS) is 14.2. The number of aromatic nitrogens is 3. The van der Waals surface area contributed by atoms with Gasteiger partial charge in [0.15, 0.2) is 0 Å². The number of halogens is 6. The van der Waals surface area contributed by atoms with Crippen LogP contribution in [0.2, 0.25) is 0 Å². The zero-order valence-electron chi connectivity index (χ0n) is 13.5. The summed E-state index contributed by atoms with van der Waals surface area (Å²) in [6.07, 6.45) is 0. The Kier molecular flexibility index (Phi) is 4.93. The first-order chi connectivity index (χ1) is 10.5. The number of amidine groups is 1. The van der Waals surface area contributed by atoms with Crippen LogP contribution < -0.4 is 0 Å². The van der Waals surface area contributed by atoms with Gasteiger partial charge in [0.05, 0.1) is 33.7 Å². The maximum atomic E-state index is 9.87. The Hall–Kier alpha value is -1.90. The molecule has 0 bridgehead atoms. The van der Waals surface area contributed by atoms with Crippen molar-refractivity contribution in [2.45, 2.75) is 6.54 Å². The summed E-state index contributed by atoms with van der Waals surface area (Å²) in [7, 11) is -2.51. The fraction of sp³-hybridized carbons (Fsp3) is 0.417. The van der Waals surface area contributed by atoms with Crippen molar-refractivity contribution in [3.8, 4) is 0 Å². The standard InChI is InChI=1S/C12H18N5.F6P/c1-15(2)12(16(3)4)9-17-11-8-6-5-7-10(11)13-14-17;1-7(2,3,4,5)6/h5-8H,9H2,1-4H3;/q+1;-1. The molecule has 0 unspecified atom stereocenters. The van der Waals surface area contributed by atoms with Crippen LogP contribution >= 0.6 is 7.81 Å². The van der Waals surface area contributed by atoms with Crippen molar-refractivity contribution in [1.29, 1.82) is 0 Å². The molecule has 0 saturated carbocycles. The summed E-state index contributed by atoms with van der Waals surface area (Å²) in [6, 6.07) is 8.00. The van der Waals surface area contributed by atoms with E-state index in [9.17, 15) is 25.2 Å². The predicted molar refractivity (Wildman–Crippen MR) is 81.9 cm³/mol. The molecule has 0 amide bonds. The Labute approximate surface area is 134 Å². The van der Waals surface area contributed by atoms with Gasteiger partial charge in [0.2, 0.25) is 0 Å². The Morgan fingerprint density at radius 3 is 2.04 bits per heavy atom. The molecule has 138 valence electrons. The third-order valence-electron chi connectivity index (χ3n) is 2.74. The van der Waals surface area contributed by atoms with Gasteiger partial charge in [0.1, 0.15) is 12.1 Å². The molecule has 0 radical (unpaired) electrons. The van der Waals surface area contributed by atoms with Crippen molar-refractivity contribution in [2.24, 2.45) is 0 Å². The van der Waals surface area contributed by atoms with E-state index in [1.165, 1.54) is 5.84 Å². The molecule has 5 nitrogen and oxygen atoms in total. The van der Waals surface area contributed by atoms with Crippen LogP contribution in [0.25, 0.3) is 11.0 Å². The fourth-order valence-electron chi connectivity index (χ4n) is 1.85. The first-order valence-corrected chi connectivity index (χ1v) is 8.62. The van der Waals surface area contributed by atoms with E-state index in [0.717, 1.165) is 17.6 Å². The molecule has 12 heteroatoms. The fourth-order valence-corrected chi connectivity index (χ4v) is 1.85. The molecule has 0 aliphatic rings. The average molecular weight is 377 g/mol. The Bertz CT molecular complexity index is 734. The molecule has 1 aromatic heterocycles. The molecule has 2 aromatic rings. The molecule has 24 heavy (non-hydrogen) atoms. The van der Waals surface area contributed by atoms with Crippen molar-refractivity contribution in [1.82, 2.24) is 19.9 Å². The summed E-state index contributed by atoms with van der Waals surface area (Å²) in [5.41, 5.74) is 2.00. The Morgan fingerprint density at radius 1 is 1.08 bits per heavy atom. The summed E-state index contributed by atoms with van der Waals surface area (Å²) in [6.45, 7) is 0.723. The molecule has 0 saturated heterocycles. The summed E-state index contributed by atoms with van der Waals surface area (Å²) in [5, 5.41) is 8.35. The number of rotatable bonds is 2. The first kappa shape index (κ1) is 20.1. The van der Waals surface area contributed by atoms with E-state index in [4.69, 9.17) is 0 Å². The van der Waals surface area contributed by atoms with Gasteiger partial charge in [0.25, 0.3) is 5.84 Å². The summed E-state index contributed by atoms with van der Waals surface area (Å²) in [5.74, 6) is 1.18. The minimum atomic E-state index is -10.7. The molecule has 0 atom stereocenters. The van der Waals surface area contributed by atoms with Crippen molar-refractivity contribution in [2.75, 3.05) is 28.2 Å². The minimum absolute atomic E-state index is 0.723.